The van der Waals surface area contributed by atoms with Gasteiger partial charge in [0, 0.05) is 12.1 Å². The van der Waals surface area contributed by atoms with Crippen LogP contribution >= 0.6 is 0 Å². The van der Waals surface area contributed by atoms with Crippen molar-refractivity contribution in [3.8, 4) is 0 Å². The molecule has 82 valence electrons. The van der Waals surface area contributed by atoms with Crippen molar-refractivity contribution < 1.29 is 14.2 Å². The molecule has 0 amide bonds. The molecular weight excluding hydrogens is 197 g/mol. The van der Waals surface area contributed by atoms with Crippen molar-refractivity contribution in [2.75, 3.05) is 26.4 Å². The number of hydrogen-bond acceptors (Lipinski definition) is 3. The molecule has 1 aliphatic rings. The van der Waals surface area contributed by atoms with Crippen LogP contribution in [-0.2, 0) is 10.3 Å². The average Bonchev–Trinajstić information content (AvgIpc) is 2.30. The van der Waals surface area contributed by atoms with Crippen LogP contribution in [0.2, 0.25) is 0 Å². The summed E-state index contributed by atoms with van der Waals surface area (Å²) in [5.41, 5.74) is -0.323. The van der Waals surface area contributed by atoms with Gasteiger partial charge in [-0.1, -0.05) is 18.2 Å². The summed E-state index contributed by atoms with van der Waals surface area (Å²) < 4.78 is 18.9. The summed E-state index contributed by atoms with van der Waals surface area (Å²) in [4.78, 5) is 0. The van der Waals surface area contributed by atoms with Gasteiger partial charge in [-0.15, -0.1) is 0 Å². The maximum Gasteiger partial charge on any atom is 0.128 e. The molecule has 15 heavy (non-hydrogen) atoms. The Kier molecular flexibility index (Phi) is 3.00. The lowest BCUT2D eigenvalue weighted by Crippen LogP contribution is -2.54. The van der Waals surface area contributed by atoms with Crippen molar-refractivity contribution in [3.05, 3.63) is 35.6 Å². The third kappa shape index (κ3) is 1.88. The van der Waals surface area contributed by atoms with E-state index in [0.29, 0.717) is 25.3 Å². The molecule has 0 aromatic heterocycles. The quantitative estimate of drug-likeness (QED) is 0.754. The number of ether oxygens (including phenoxy) is 1. The summed E-state index contributed by atoms with van der Waals surface area (Å²) >= 11 is 0. The second kappa shape index (κ2) is 4.26. The van der Waals surface area contributed by atoms with Crippen molar-refractivity contribution >= 4 is 0 Å². The van der Waals surface area contributed by atoms with Gasteiger partial charge >= 0.3 is 0 Å². The molecular formula is C11H14FNO2. The maximum atomic E-state index is 13.6. The highest BCUT2D eigenvalue weighted by Crippen LogP contribution is 2.25. The molecule has 1 fully saturated rings. The maximum absolute atomic E-state index is 13.6. The number of nitrogens with one attached hydrogen (secondary N) is 1. The average molecular weight is 211 g/mol. The minimum Gasteiger partial charge on any atom is -0.394 e. The summed E-state index contributed by atoms with van der Waals surface area (Å²) in [5, 5.41) is 12.5. The lowest BCUT2D eigenvalue weighted by molar-refractivity contribution is -0.00496. The fraction of sp³-hybridized carbons (Fsp3) is 0.455. The second-order valence-electron chi connectivity index (χ2n) is 3.70. The molecule has 3 nitrogen and oxygen atoms in total. The van der Waals surface area contributed by atoms with E-state index in [9.17, 15) is 9.50 Å². The van der Waals surface area contributed by atoms with Crippen molar-refractivity contribution in [1.82, 2.24) is 5.32 Å². The molecule has 4 heteroatoms. The molecule has 0 spiro atoms. The van der Waals surface area contributed by atoms with Crippen molar-refractivity contribution in [3.63, 3.8) is 0 Å². The van der Waals surface area contributed by atoms with Gasteiger partial charge in [0.15, 0.2) is 0 Å². The monoisotopic (exact) mass is 211 g/mol. The number of aliphatic hydroxyl groups is 1. The predicted molar refractivity (Wildman–Crippen MR) is 54.0 cm³/mol. The Labute approximate surface area is 87.9 Å². The number of morpholine rings is 1. The number of hydrogen-bond donors (Lipinski definition) is 2. The summed E-state index contributed by atoms with van der Waals surface area (Å²) in [7, 11) is 0. The van der Waals surface area contributed by atoms with E-state index >= 15 is 0 Å². The van der Waals surface area contributed by atoms with Gasteiger partial charge in [-0.25, -0.2) is 4.39 Å². The van der Waals surface area contributed by atoms with Crippen LogP contribution in [-0.4, -0.2) is 31.5 Å². The standard InChI is InChI=1S/C11H14FNO2/c12-10-4-2-1-3-9(10)11(7-14)8-15-6-5-13-11/h1-4,13-14H,5-8H2. The first kappa shape index (κ1) is 10.5. The zero-order chi connectivity index (χ0) is 10.7. The summed E-state index contributed by atoms with van der Waals surface area (Å²) in [6.45, 7) is 1.34. The van der Waals surface area contributed by atoms with E-state index in [-0.39, 0.29) is 12.4 Å². The van der Waals surface area contributed by atoms with Gasteiger partial charge < -0.3 is 15.2 Å². The van der Waals surface area contributed by atoms with Gasteiger partial charge in [0.25, 0.3) is 0 Å². The van der Waals surface area contributed by atoms with Crippen LogP contribution in [0.3, 0.4) is 0 Å². The van der Waals surface area contributed by atoms with Crippen molar-refractivity contribution in [2.45, 2.75) is 5.54 Å². The van der Waals surface area contributed by atoms with E-state index in [1.165, 1.54) is 6.07 Å². The van der Waals surface area contributed by atoms with Gasteiger partial charge in [0.1, 0.15) is 5.82 Å². The SMILES string of the molecule is OCC1(c2ccccc2F)COCCN1. The van der Waals surface area contributed by atoms with E-state index in [0.717, 1.165) is 0 Å². The topological polar surface area (TPSA) is 41.5 Å². The molecule has 1 aromatic carbocycles. The van der Waals surface area contributed by atoms with Gasteiger partial charge in [0.05, 0.1) is 25.4 Å². The highest BCUT2D eigenvalue weighted by molar-refractivity contribution is 5.27. The molecule has 0 saturated carbocycles. The van der Waals surface area contributed by atoms with Crippen LogP contribution < -0.4 is 5.32 Å². The molecule has 1 unspecified atom stereocenters. The number of rotatable bonds is 2. The van der Waals surface area contributed by atoms with E-state index in [2.05, 4.69) is 5.32 Å². The van der Waals surface area contributed by atoms with Crippen molar-refractivity contribution in [1.29, 1.82) is 0 Å². The largest absolute Gasteiger partial charge is 0.394 e. The Morgan fingerprint density at radius 1 is 1.47 bits per heavy atom. The summed E-state index contributed by atoms with van der Waals surface area (Å²) in [5.74, 6) is -0.315. The normalized spacial score (nSPS) is 26.5. The second-order valence-corrected chi connectivity index (χ2v) is 3.70. The minimum atomic E-state index is -0.788. The highest BCUT2D eigenvalue weighted by Gasteiger charge is 2.35. The molecule has 1 aliphatic heterocycles. The number of aliphatic hydroxyl groups excluding tert-OH is 1. The number of benzene rings is 1. The van der Waals surface area contributed by atoms with Crippen LogP contribution in [0.1, 0.15) is 5.56 Å². The number of halogens is 1. The van der Waals surface area contributed by atoms with E-state index < -0.39 is 5.54 Å². The molecule has 1 saturated heterocycles. The molecule has 2 N–H and O–H groups in total. The molecule has 0 aliphatic carbocycles. The van der Waals surface area contributed by atoms with Gasteiger partial charge in [-0.05, 0) is 6.07 Å². The zero-order valence-electron chi connectivity index (χ0n) is 8.37. The lowest BCUT2D eigenvalue weighted by atomic mass is 9.90. The first-order chi connectivity index (χ1) is 7.28. The van der Waals surface area contributed by atoms with E-state index in [4.69, 9.17) is 4.74 Å². The van der Waals surface area contributed by atoms with E-state index in [1.807, 2.05) is 0 Å². The molecule has 1 aromatic rings. The molecule has 1 heterocycles. The Bertz CT molecular complexity index is 337. The van der Waals surface area contributed by atoms with Gasteiger partial charge in [0.2, 0.25) is 0 Å². The molecule has 0 radical (unpaired) electrons. The van der Waals surface area contributed by atoms with Crippen LogP contribution in [0.4, 0.5) is 4.39 Å². The van der Waals surface area contributed by atoms with Crippen LogP contribution in [0.25, 0.3) is 0 Å². The van der Waals surface area contributed by atoms with Crippen LogP contribution in [0.5, 0.6) is 0 Å². The van der Waals surface area contributed by atoms with Crippen LogP contribution in [0.15, 0.2) is 24.3 Å². The molecule has 1 atom stereocenters. The van der Waals surface area contributed by atoms with Gasteiger partial charge in [-0.3, -0.25) is 0 Å². The Morgan fingerprint density at radius 3 is 2.87 bits per heavy atom. The van der Waals surface area contributed by atoms with Gasteiger partial charge in [-0.2, -0.15) is 0 Å². The Hall–Kier alpha value is -0.970. The molecule has 2 rings (SSSR count). The fourth-order valence-corrected chi connectivity index (χ4v) is 1.87. The third-order valence-corrected chi connectivity index (χ3v) is 2.72. The Morgan fingerprint density at radius 2 is 2.27 bits per heavy atom. The zero-order valence-corrected chi connectivity index (χ0v) is 8.37. The first-order valence-corrected chi connectivity index (χ1v) is 4.97. The highest BCUT2D eigenvalue weighted by atomic mass is 19.1. The lowest BCUT2D eigenvalue weighted by Gasteiger charge is -2.37. The van der Waals surface area contributed by atoms with Crippen LogP contribution in [0, 0.1) is 5.82 Å². The molecule has 0 bridgehead atoms. The summed E-state index contributed by atoms with van der Waals surface area (Å²) in [6, 6.07) is 6.45. The van der Waals surface area contributed by atoms with Crippen molar-refractivity contribution in [2.24, 2.45) is 0 Å². The first-order valence-electron chi connectivity index (χ1n) is 4.97. The Balaban J connectivity index is 2.36. The fourth-order valence-electron chi connectivity index (χ4n) is 1.87. The minimum absolute atomic E-state index is 0.173. The predicted octanol–water partition coefficient (Wildman–Crippen LogP) is 0.633. The summed E-state index contributed by atoms with van der Waals surface area (Å²) in [6.07, 6.45) is 0. The third-order valence-electron chi connectivity index (χ3n) is 2.72. The van der Waals surface area contributed by atoms with E-state index in [1.54, 1.807) is 18.2 Å². The smallest absolute Gasteiger partial charge is 0.128 e.